The Morgan fingerprint density at radius 1 is 1.21 bits per heavy atom. The van der Waals surface area contributed by atoms with Gasteiger partial charge in [-0.15, -0.1) is 0 Å². The van der Waals surface area contributed by atoms with Crippen LogP contribution in [0.3, 0.4) is 0 Å². The quantitative estimate of drug-likeness (QED) is 0.674. The number of benzene rings is 1. The third kappa shape index (κ3) is 4.03. The predicted octanol–water partition coefficient (Wildman–Crippen LogP) is 3.88. The van der Waals surface area contributed by atoms with Crippen molar-refractivity contribution in [3.05, 3.63) is 53.3 Å². The molecule has 1 aliphatic rings. The molecule has 0 atom stereocenters. The normalized spacial score (nSPS) is 15.9. The molecule has 0 radical (unpaired) electrons. The van der Waals surface area contributed by atoms with E-state index in [-0.39, 0.29) is 0 Å². The first-order valence-corrected chi connectivity index (χ1v) is 10.0. The van der Waals surface area contributed by atoms with Crippen LogP contribution in [0.25, 0.3) is 11.0 Å². The van der Waals surface area contributed by atoms with Crippen LogP contribution in [0.4, 0.5) is 0 Å². The molecule has 0 unspecified atom stereocenters. The zero-order chi connectivity index (χ0) is 19.3. The third-order valence-corrected chi connectivity index (χ3v) is 5.57. The van der Waals surface area contributed by atoms with Crippen molar-refractivity contribution in [2.24, 2.45) is 0 Å². The van der Waals surface area contributed by atoms with E-state index in [2.05, 4.69) is 44.3 Å². The summed E-state index contributed by atoms with van der Waals surface area (Å²) in [6.45, 7) is 6.44. The van der Waals surface area contributed by atoms with E-state index in [1.807, 2.05) is 13.0 Å². The lowest BCUT2D eigenvalue weighted by atomic mass is 9.92. The molecule has 3 aromatic rings. The lowest BCUT2D eigenvalue weighted by Gasteiger charge is -2.31. The number of piperidine rings is 1. The number of ether oxygens (including phenoxy) is 2. The Morgan fingerprint density at radius 2 is 2.07 bits per heavy atom. The van der Waals surface area contributed by atoms with Crippen LogP contribution in [0.2, 0.25) is 0 Å². The van der Waals surface area contributed by atoms with Crippen LogP contribution in [0.5, 0.6) is 5.75 Å². The van der Waals surface area contributed by atoms with Crippen molar-refractivity contribution >= 4 is 11.0 Å². The highest BCUT2D eigenvalue weighted by molar-refractivity contribution is 5.77. The maximum absolute atomic E-state index is 5.59. The van der Waals surface area contributed by atoms with Crippen molar-refractivity contribution in [1.29, 1.82) is 0 Å². The van der Waals surface area contributed by atoms with Crippen LogP contribution < -0.4 is 4.74 Å². The summed E-state index contributed by atoms with van der Waals surface area (Å²) in [4.78, 5) is 6.87. The van der Waals surface area contributed by atoms with Crippen LogP contribution in [0.1, 0.15) is 42.5 Å². The maximum Gasteiger partial charge on any atom is 0.181 e. The van der Waals surface area contributed by atoms with Gasteiger partial charge in [0.05, 0.1) is 13.7 Å². The third-order valence-electron chi connectivity index (χ3n) is 5.57. The fourth-order valence-corrected chi connectivity index (χ4v) is 4.07. The van der Waals surface area contributed by atoms with Crippen molar-refractivity contribution in [3.63, 3.8) is 0 Å². The number of pyridine rings is 1. The van der Waals surface area contributed by atoms with Gasteiger partial charge < -0.3 is 9.47 Å². The van der Waals surface area contributed by atoms with Gasteiger partial charge in [0.25, 0.3) is 0 Å². The molecule has 1 fully saturated rings. The Kier molecular flexibility index (Phi) is 5.88. The monoisotopic (exact) mass is 380 g/mol. The Balaban J connectivity index is 1.39. The number of nitrogens with zero attached hydrogens (tertiary/aromatic N) is 3. The van der Waals surface area contributed by atoms with Crippen LogP contribution >= 0.6 is 0 Å². The molecule has 1 aliphatic heterocycles. The van der Waals surface area contributed by atoms with Crippen molar-refractivity contribution < 1.29 is 9.47 Å². The number of rotatable bonds is 7. The Bertz CT molecular complexity index is 916. The summed E-state index contributed by atoms with van der Waals surface area (Å²) >= 11 is 0. The predicted molar refractivity (Wildman–Crippen MR) is 109 cm³/mol. The van der Waals surface area contributed by atoms with Gasteiger partial charge in [-0.2, -0.15) is 5.10 Å². The van der Waals surface area contributed by atoms with Crippen molar-refractivity contribution in [1.82, 2.24) is 20.1 Å². The highest BCUT2D eigenvalue weighted by Gasteiger charge is 2.24. The maximum atomic E-state index is 5.59. The molecular weight excluding hydrogens is 352 g/mol. The number of fused-ring (bicyclic) bond motifs is 1. The molecule has 148 valence electrons. The molecular formula is C22H28N4O2. The van der Waals surface area contributed by atoms with E-state index in [1.165, 1.54) is 11.3 Å². The van der Waals surface area contributed by atoms with Gasteiger partial charge in [0.2, 0.25) is 0 Å². The highest BCUT2D eigenvalue weighted by atomic mass is 16.5. The molecule has 2 aromatic heterocycles. The topological polar surface area (TPSA) is 63.3 Å². The van der Waals surface area contributed by atoms with E-state index in [0.717, 1.165) is 54.8 Å². The standard InChI is InChI=1S/C22H28N4O2/c1-3-28-15-18-13-16(6-7-20(18)27-2)14-26-11-8-17(9-12-26)21-19-5-4-10-23-22(19)25-24-21/h4-7,10,13,17H,3,8-9,11-12,14-15H2,1-2H3,(H,23,24,25). The van der Waals surface area contributed by atoms with E-state index in [0.29, 0.717) is 19.1 Å². The smallest absolute Gasteiger partial charge is 0.181 e. The Hall–Kier alpha value is -2.44. The first kappa shape index (κ1) is 18.9. The number of nitrogens with one attached hydrogen (secondary N) is 1. The second kappa shape index (κ2) is 8.71. The van der Waals surface area contributed by atoms with Gasteiger partial charge in [0.15, 0.2) is 5.65 Å². The SMILES string of the molecule is CCOCc1cc(CN2CCC(c3[nH]nc4ncccc34)CC2)ccc1OC. The summed E-state index contributed by atoms with van der Waals surface area (Å²) in [6, 6.07) is 10.5. The molecule has 1 saturated heterocycles. The van der Waals surface area contributed by atoms with E-state index in [4.69, 9.17) is 9.47 Å². The first-order chi connectivity index (χ1) is 13.8. The van der Waals surface area contributed by atoms with E-state index in [9.17, 15) is 0 Å². The average Bonchev–Trinajstić information content (AvgIpc) is 3.17. The number of aromatic amines is 1. The van der Waals surface area contributed by atoms with Gasteiger partial charge in [0.1, 0.15) is 5.75 Å². The van der Waals surface area contributed by atoms with E-state index < -0.39 is 0 Å². The summed E-state index contributed by atoms with van der Waals surface area (Å²) in [7, 11) is 1.71. The van der Waals surface area contributed by atoms with Crippen LogP contribution in [0, 0.1) is 0 Å². The van der Waals surface area contributed by atoms with E-state index >= 15 is 0 Å². The summed E-state index contributed by atoms with van der Waals surface area (Å²) in [5.74, 6) is 1.42. The number of H-pyrrole nitrogens is 1. The molecule has 0 spiro atoms. The lowest BCUT2D eigenvalue weighted by molar-refractivity contribution is 0.131. The van der Waals surface area contributed by atoms with Gasteiger partial charge in [-0.3, -0.25) is 10.00 Å². The molecule has 4 rings (SSSR count). The zero-order valence-electron chi connectivity index (χ0n) is 16.6. The summed E-state index contributed by atoms with van der Waals surface area (Å²) < 4.78 is 11.1. The number of methoxy groups -OCH3 is 1. The van der Waals surface area contributed by atoms with Gasteiger partial charge in [-0.25, -0.2) is 4.98 Å². The largest absolute Gasteiger partial charge is 0.496 e. The fourth-order valence-electron chi connectivity index (χ4n) is 4.07. The summed E-state index contributed by atoms with van der Waals surface area (Å²) in [5, 5.41) is 8.75. The summed E-state index contributed by atoms with van der Waals surface area (Å²) in [5.41, 5.74) is 4.49. The molecule has 6 heteroatoms. The number of hydrogen-bond donors (Lipinski definition) is 1. The molecule has 0 bridgehead atoms. The Morgan fingerprint density at radius 3 is 2.86 bits per heavy atom. The van der Waals surface area contributed by atoms with Crippen LogP contribution in [-0.4, -0.2) is 46.9 Å². The minimum atomic E-state index is 0.523. The Labute approximate surface area is 165 Å². The zero-order valence-corrected chi connectivity index (χ0v) is 16.6. The van der Waals surface area contributed by atoms with Gasteiger partial charge in [-0.1, -0.05) is 6.07 Å². The molecule has 0 aliphatic carbocycles. The molecule has 3 heterocycles. The van der Waals surface area contributed by atoms with E-state index in [1.54, 1.807) is 13.3 Å². The first-order valence-electron chi connectivity index (χ1n) is 10.0. The number of likely N-dealkylation sites (tertiary alicyclic amines) is 1. The van der Waals surface area contributed by atoms with Gasteiger partial charge >= 0.3 is 0 Å². The molecule has 1 N–H and O–H groups in total. The molecule has 0 amide bonds. The fraction of sp³-hybridized carbons (Fsp3) is 0.455. The average molecular weight is 380 g/mol. The van der Waals surface area contributed by atoms with Crippen LogP contribution in [-0.2, 0) is 17.9 Å². The highest BCUT2D eigenvalue weighted by Crippen LogP contribution is 2.31. The van der Waals surface area contributed by atoms with Crippen LogP contribution in [0.15, 0.2) is 36.5 Å². The van der Waals surface area contributed by atoms with Gasteiger partial charge in [-0.05, 0) is 62.7 Å². The number of aromatic nitrogens is 3. The van der Waals surface area contributed by atoms with Crippen molar-refractivity contribution in [3.8, 4) is 5.75 Å². The molecule has 0 saturated carbocycles. The second-order valence-corrected chi connectivity index (χ2v) is 7.35. The second-order valence-electron chi connectivity index (χ2n) is 7.35. The number of hydrogen-bond acceptors (Lipinski definition) is 5. The molecule has 1 aromatic carbocycles. The minimum Gasteiger partial charge on any atom is -0.496 e. The van der Waals surface area contributed by atoms with Crippen molar-refractivity contribution in [2.75, 3.05) is 26.8 Å². The van der Waals surface area contributed by atoms with Gasteiger partial charge in [0, 0.05) is 41.9 Å². The molecule has 6 nitrogen and oxygen atoms in total. The summed E-state index contributed by atoms with van der Waals surface area (Å²) in [6.07, 6.45) is 4.06. The van der Waals surface area contributed by atoms with Crippen molar-refractivity contribution in [2.45, 2.75) is 38.8 Å². The lowest BCUT2D eigenvalue weighted by Crippen LogP contribution is -2.32. The molecule has 28 heavy (non-hydrogen) atoms. The minimum absolute atomic E-state index is 0.523.